The lowest BCUT2D eigenvalue weighted by molar-refractivity contribution is 0.100. The molecule has 2 aliphatic heterocycles. The molecule has 0 spiro atoms. The van der Waals surface area contributed by atoms with Crippen molar-refractivity contribution in [3.05, 3.63) is 53.1 Å². The minimum absolute atomic E-state index is 0. The molecule has 2 heterocycles. The van der Waals surface area contributed by atoms with Gasteiger partial charge in [0.2, 0.25) is 5.96 Å². The van der Waals surface area contributed by atoms with Crippen LogP contribution in [-0.4, -0.2) is 36.5 Å². The summed E-state index contributed by atoms with van der Waals surface area (Å²) in [7, 11) is 0. The third-order valence-corrected chi connectivity index (χ3v) is 6.34. The maximum Gasteiger partial charge on any atom is 0.206 e. The number of carbonyl (C=O) groups excluding carboxylic acids is 1. The van der Waals surface area contributed by atoms with Crippen LogP contribution in [-0.2, 0) is 10.8 Å². The zero-order valence-electron chi connectivity index (χ0n) is 20.6. The first-order valence-electron chi connectivity index (χ1n) is 11.6. The predicted octanol–water partition coefficient (Wildman–Crippen LogP) is 6.22. The Kier molecular flexibility index (Phi) is 6.99. The minimum Gasteiger partial charge on any atom is -0.507 e. The van der Waals surface area contributed by atoms with Crippen LogP contribution in [0.4, 0.5) is 11.4 Å². The van der Waals surface area contributed by atoms with Crippen LogP contribution in [0.2, 0.25) is 0 Å². The van der Waals surface area contributed by atoms with Gasteiger partial charge in [-0.25, -0.2) is 0 Å². The molecule has 0 unspecified atom stereocenters. The summed E-state index contributed by atoms with van der Waals surface area (Å²) in [5, 5.41) is 11.0. The number of nitrogens with zero attached hydrogens (tertiary/aromatic N) is 3. The van der Waals surface area contributed by atoms with Crippen LogP contribution >= 0.6 is 17.0 Å². The van der Waals surface area contributed by atoms with E-state index in [0.29, 0.717) is 11.3 Å². The fraction of sp³-hybridized carbons (Fsp3) is 0.481. The van der Waals surface area contributed by atoms with Crippen molar-refractivity contribution in [2.24, 2.45) is 4.99 Å². The smallest absolute Gasteiger partial charge is 0.206 e. The van der Waals surface area contributed by atoms with Gasteiger partial charge in [0.15, 0.2) is 5.78 Å². The molecule has 1 N–H and O–H groups in total. The SMILES string of the molecule is Br.CC(C)(C)c1cc(C(=O)CN2C3=NCCCCN3c3ccccc32)cc(C(C)(C)C)c1O. The predicted molar refractivity (Wildman–Crippen MR) is 143 cm³/mol. The number of phenolic OH excluding ortho intramolecular Hbond substituents is 1. The number of anilines is 2. The Morgan fingerprint density at radius 3 is 2.12 bits per heavy atom. The maximum atomic E-state index is 13.6. The lowest BCUT2D eigenvalue weighted by Gasteiger charge is -2.28. The summed E-state index contributed by atoms with van der Waals surface area (Å²) < 4.78 is 0. The standard InChI is InChI=1S/C27H35N3O2.BrH/c1-26(2,3)19-15-18(16-20(24(19)32)27(4,5)6)23(31)17-30-22-12-8-7-11-21(22)29-14-10-9-13-28-25(29)30;/h7-8,11-12,15-16,32H,9-10,13-14,17H2,1-6H3;1H. The topological polar surface area (TPSA) is 56.1 Å². The first-order valence-corrected chi connectivity index (χ1v) is 11.6. The molecule has 0 saturated heterocycles. The average Bonchev–Trinajstić information content (AvgIpc) is 2.85. The van der Waals surface area contributed by atoms with Gasteiger partial charge < -0.3 is 14.9 Å². The third kappa shape index (κ3) is 4.81. The van der Waals surface area contributed by atoms with Crippen LogP contribution in [0.1, 0.15) is 75.9 Å². The van der Waals surface area contributed by atoms with Gasteiger partial charge in [-0.3, -0.25) is 9.79 Å². The van der Waals surface area contributed by atoms with E-state index in [9.17, 15) is 9.90 Å². The summed E-state index contributed by atoms with van der Waals surface area (Å²) >= 11 is 0. The number of rotatable bonds is 3. The summed E-state index contributed by atoms with van der Waals surface area (Å²) in [6.07, 6.45) is 2.15. The van der Waals surface area contributed by atoms with Gasteiger partial charge in [-0.2, -0.15) is 0 Å². The molecule has 0 saturated carbocycles. The molecule has 0 radical (unpaired) electrons. The normalized spacial score (nSPS) is 15.9. The minimum atomic E-state index is -0.275. The Labute approximate surface area is 208 Å². The maximum absolute atomic E-state index is 13.6. The van der Waals surface area contributed by atoms with E-state index < -0.39 is 0 Å². The van der Waals surface area contributed by atoms with E-state index in [1.54, 1.807) is 0 Å². The molecule has 0 bridgehead atoms. The molecule has 0 aliphatic carbocycles. The van der Waals surface area contributed by atoms with Crippen molar-refractivity contribution >= 4 is 40.1 Å². The van der Waals surface area contributed by atoms with E-state index in [4.69, 9.17) is 4.99 Å². The zero-order chi connectivity index (χ0) is 23.3. The fourth-order valence-electron chi connectivity index (χ4n) is 4.56. The first kappa shape index (κ1) is 25.3. The summed E-state index contributed by atoms with van der Waals surface area (Å²) in [5.41, 5.74) is 3.87. The second-order valence-electron chi connectivity index (χ2n) is 11.0. The van der Waals surface area contributed by atoms with E-state index in [2.05, 4.69) is 63.5 Å². The Morgan fingerprint density at radius 2 is 1.55 bits per heavy atom. The summed E-state index contributed by atoms with van der Waals surface area (Å²) in [6, 6.07) is 12.0. The lowest BCUT2D eigenvalue weighted by Crippen LogP contribution is -2.41. The van der Waals surface area contributed by atoms with Crippen molar-refractivity contribution in [3.8, 4) is 5.75 Å². The number of carbonyl (C=O) groups is 1. The Bertz CT molecular complexity index is 1040. The number of aliphatic imine (C=N–C) groups is 1. The summed E-state index contributed by atoms with van der Waals surface area (Å²) in [6.45, 7) is 14.3. The highest BCUT2D eigenvalue weighted by Gasteiger charge is 2.35. The van der Waals surface area contributed by atoms with Crippen LogP contribution in [0.25, 0.3) is 0 Å². The van der Waals surface area contributed by atoms with E-state index in [0.717, 1.165) is 54.4 Å². The van der Waals surface area contributed by atoms with Crippen LogP contribution in [0.5, 0.6) is 5.75 Å². The molecule has 0 aromatic heterocycles. The second-order valence-corrected chi connectivity index (χ2v) is 11.0. The van der Waals surface area contributed by atoms with E-state index in [1.165, 1.54) is 0 Å². The third-order valence-electron chi connectivity index (χ3n) is 6.34. The Morgan fingerprint density at radius 1 is 0.970 bits per heavy atom. The number of halogens is 1. The number of Topliss-reactive ketones (excluding diaryl/α,β-unsaturated/α-hetero) is 1. The molecular formula is C27H36BrN3O2. The molecule has 2 aliphatic rings. The van der Waals surface area contributed by atoms with Gasteiger partial charge in [-0.15, -0.1) is 17.0 Å². The fourth-order valence-corrected chi connectivity index (χ4v) is 4.56. The van der Waals surface area contributed by atoms with Gasteiger partial charge in [0.1, 0.15) is 5.75 Å². The largest absolute Gasteiger partial charge is 0.507 e. The molecule has 0 amide bonds. The van der Waals surface area contributed by atoms with Crippen molar-refractivity contribution in [3.63, 3.8) is 0 Å². The van der Waals surface area contributed by atoms with Gasteiger partial charge in [0, 0.05) is 29.8 Å². The number of guanidine groups is 1. The van der Waals surface area contributed by atoms with Gasteiger partial charge in [-0.1, -0.05) is 53.7 Å². The summed E-state index contributed by atoms with van der Waals surface area (Å²) in [4.78, 5) is 22.8. The van der Waals surface area contributed by atoms with E-state index in [1.807, 2.05) is 24.3 Å². The second kappa shape index (κ2) is 9.13. The highest BCUT2D eigenvalue weighted by atomic mass is 79.9. The van der Waals surface area contributed by atoms with E-state index in [-0.39, 0.29) is 40.1 Å². The first-order chi connectivity index (χ1) is 15.0. The molecular weight excluding hydrogens is 478 g/mol. The van der Waals surface area contributed by atoms with E-state index >= 15 is 0 Å². The van der Waals surface area contributed by atoms with Crippen molar-refractivity contribution in [1.82, 2.24) is 0 Å². The van der Waals surface area contributed by atoms with Crippen molar-refractivity contribution in [2.45, 2.75) is 65.2 Å². The number of phenols is 1. The number of fused-ring (bicyclic) bond motifs is 3. The molecule has 2 aromatic carbocycles. The van der Waals surface area contributed by atoms with Gasteiger partial charge in [0.25, 0.3) is 0 Å². The monoisotopic (exact) mass is 513 g/mol. The zero-order valence-corrected chi connectivity index (χ0v) is 22.3. The Hall–Kier alpha value is -2.34. The van der Waals surface area contributed by atoms with Crippen LogP contribution in [0.15, 0.2) is 41.4 Å². The molecule has 0 fully saturated rings. The molecule has 178 valence electrons. The molecule has 4 rings (SSSR count). The number of aromatic hydroxyl groups is 1. The lowest BCUT2D eigenvalue weighted by atomic mass is 9.78. The quantitative estimate of drug-likeness (QED) is 0.494. The number of hydrogen-bond acceptors (Lipinski definition) is 5. The highest BCUT2D eigenvalue weighted by molar-refractivity contribution is 8.93. The Balaban J connectivity index is 0.00000306. The summed E-state index contributed by atoms with van der Waals surface area (Å²) in [5.74, 6) is 1.21. The van der Waals surface area contributed by atoms with Gasteiger partial charge >= 0.3 is 0 Å². The molecule has 2 aromatic rings. The van der Waals surface area contributed by atoms with Crippen LogP contribution < -0.4 is 9.80 Å². The van der Waals surface area contributed by atoms with Crippen LogP contribution in [0, 0.1) is 0 Å². The molecule has 33 heavy (non-hydrogen) atoms. The van der Waals surface area contributed by atoms with Gasteiger partial charge in [-0.05, 0) is 47.9 Å². The van der Waals surface area contributed by atoms with Crippen molar-refractivity contribution in [1.29, 1.82) is 0 Å². The average molecular weight is 515 g/mol. The molecule has 0 atom stereocenters. The number of benzene rings is 2. The van der Waals surface area contributed by atoms with Crippen molar-refractivity contribution < 1.29 is 9.90 Å². The van der Waals surface area contributed by atoms with Gasteiger partial charge in [0.05, 0.1) is 17.9 Å². The van der Waals surface area contributed by atoms with Crippen molar-refractivity contribution in [2.75, 3.05) is 29.4 Å². The molecule has 5 nitrogen and oxygen atoms in total. The number of para-hydroxylation sites is 2. The highest BCUT2D eigenvalue weighted by Crippen LogP contribution is 2.41. The van der Waals surface area contributed by atoms with Crippen LogP contribution in [0.3, 0.4) is 0 Å². The number of ketones is 1. The molecule has 6 heteroatoms. The number of hydrogen-bond donors (Lipinski definition) is 1.